The fraction of sp³-hybridized carbons (Fsp3) is 0.278. The zero-order valence-electron chi connectivity index (χ0n) is 13.9. The summed E-state index contributed by atoms with van der Waals surface area (Å²) >= 11 is 12.3. The summed E-state index contributed by atoms with van der Waals surface area (Å²) in [4.78, 5) is 14.4. The molecule has 0 aliphatic carbocycles. The zero-order chi connectivity index (χ0) is 18.0. The van der Waals surface area contributed by atoms with Crippen molar-refractivity contribution in [2.24, 2.45) is 0 Å². The number of hydrogen-bond acceptors (Lipinski definition) is 4. The molecule has 0 radical (unpaired) electrons. The Hall–Kier alpha value is -1.95. The summed E-state index contributed by atoms with van der Waals surface area (Å²) in [6.07, 6.45) is 0. The fourth-order valence-electron chi connectivity index (χ4n) is 2.50. The van der Waals surface area contributed by atoms with Gasteiger partial charge in [0.15, 0.2) is 11.5 Å². The second-order valence-electron chi connectivity index (χ2n) is 5.86. The van der Waals surface area contributed by atoms with E-state index in [9.17, 15) is 4.79 Å². The molecule has 2 aromatic rings. The first kappa shape index (κ1) is 17.9. The van der Waals surface area contributed by atoms with Crippen molar-refractivity contribution in [3.8, 4) is 11.5 Å². The van der Waals surface area contributed by atoms with E-state index in [2.05, 4.69) is 5.32 Å². The molecular formula is C18H18Cl2N2O3. The second kappa shape index (κ2) is 7.52. The molecule has 132 valence electrons. The number of benzene rings is 2. The normalized spacial score (nSPS) is 13.8. The lowest BCUT2D eigenvalue weighted by Gasteiger charge is -2.24. The van der Waals surface area contributed by atoms with Gasteiger partial charge in [0.1, 0.15) is 0 Å². The second-order valence-corrected chi connectivity index (χ2v) is 6.65. The molecule has 1 aliphatic rings. The predicted molar refractivity (Wildman–Crippen MR) is 98.6 cm³/mol. The summed E-state index contributed by atoms with van der Waals surface area (Å²) in [7, 11) is 1.86. The molecule has 1 heterocycles. The van der Waals surface area contributed by atoms with Gasteiger partial charge in [-0.25, -0.2) is 0 Å². The van der Waals surface area contributed by atoms with Gasteiger partial charge in [-0.2, -0.15) is 0 Å². The number of anilines is 1. The molecule has 0 spiro atoms. The largest absolute Gasteiger partial charge is 0.454 e. The van der Waals surface area contributed by atoms with E-state index in [1.807, 2.05) is 31.0 Å². The van der Waals surface area contributed by atoms with Crippen molar-refractivity contribution in [1.82, 2.24) is 4.90 Å². The summed E-state index contributed by atoms with van der Waals surface area (Å²) in [5, 5.41) is 3.91. The fourth-order valence-corrected chi connectivity index (χ4v) is 2.88. The Morgan fingerprint density at radius 3 is 2.80 bits per heavy atom. The van der Waals surface area contributed by atoms with Crippen molar-refractivity contribution in [3.05, 3.63) is 52.0 Å². The van der Waals surface area contributed by atoms with Crippen LogP contribution in [0.15, 0.2) is 36.4 Å². The zero-order valence-corrected chi connectivity index (χ0v) is 15.4. The average Bonchev–Trinajstić information content (AvgIpc) is 3.06. The lowest BCUT2D eigenvalue weighted by molar-refractivity contribution is -0.120. The molecule has 1 N–H and O–H groups in total. The van der Waals surface area contributed by atoms with E-state index in [0.717, 1.165) is 5.56 Å². The molecule has 7 heteroatoms. The van der Waals surface area contributed by atoms with Gasteiger partial charge in [-0.3, -0.25) is 9.69 Å². The van der Waals surface area contributed by atoms with Crippen LogP contribution in [-0.2, 0) is 11.3 Å². The highest BCUT2D eigenvalue weighted by atomic mass is 35.5. The number of fused-ring (bicyclic) bond motifs is 1. The summed E-state index contributed by atoms with van der Waals surface area (Å²) < 4.78 is 10.6. The number of carbonyl (C=O) groups excluding carboxylic acids is 1. The molecule has 1 atom stereocenters. The van der Waals surface area contributed by atoms with E-state index >= 15 is 0 Å². The molecule has 0 saturated heterocycles. The minimum Gasteiger partial charge on any atom is -0.454 e. The van der Waals surface area contributed by atoms with Crippen LogP contribution in [0.2, 0.25) is 10.0 Å². The number of carbonyl (C=O) groups is 1. The first-order chi connectivity index (χ1) is 12.0. The summed E-state index contributed by atoms with van der Waals surface area (Å²) in [6.45, 7) is 2.54. The van der Waals surface area contributed by atoms with Crippen LogP contribution in [0.4, 0.5) is 5.69 Å². The van der Waals surface area contributed by atoms with Gasteiger partial charge in [0.2, 0.25) is 12.7 Å². The van der Waals surface area contributed by atoms with Crippen molar-refractivity contribution < 1.29 is 14.3 Å². The third-order valence-corrected chi connectivity index (χ3v) is 4.99. The molecular weight excluding hydrogens is 363 g/mol. The highest BCUT2D eigenvalue weighted by Gasteiger charge is 2.21. The van der Waals surface area contributed by atoms with Crippen LogP contribution in [0.1, 0.15) is 12.5 Å². The molecule has 0 saturated carbocycles. The van der Waals surface area contributed by atoms with Gasteiger partial charge >= 0.3 is 0 Å². The third kappa shape index (κ3) is 4.00. The summed E-state index contributed by atoms with van der Waals surface area (Å²) in [5.41, 5.74) is 1.54. The maximum absolute atomic E-state index is 12.5. The number of halogens is 2. The standard InChI is InChI=1S/C18H18Cl2N2O3/c1-11(22(2)9-12-4-3-5-14(19)17(12)20)18(23)21-13-6-7-15-16(8-13)25-10-24-15/h3-8,11H,9-10H2,1-2H3,(H,21,23)/t11-/m0/s1. The van der Waals surface area contributed by atoms with E-state index in [1.54, 1.807) is 24.3 Å². The lowest BCUT2D eigenvalue weighted by Crippen LogP contribution is -2.39. The van der Waals surface area contributed by atoms with Crippen LogP contribution >= 0.6 is 23.2 Å². The molecule has 3 rings (SSSR count). The maximum atomic E-state index is 12.5. The van der Waals surface area contributed by atoms with E-state index < -0.39 is 0 Å². The Balaban J connectivity index is 1.64. The van der Waals surface area contributed by atoms with E-state index in [1.165, 1.54) is 0 Å². The van der Waals surface area contributed by atoms with Gasteiger partial charge in [0, 0.05) is 18.3 Å². The first-order valence-corrected chi connectivity index (χ1v) is 8.55. The first-order valence-electron chi connectivity index (χ1n) is 7.79. The van der Waals surface area contributed by atoms with Crippen molar-refractivity contribution in [2.75, 3.05) is 19.2 Å². The minimum absolute atomic E-state index is 0.125. The molecule has 2 aromatic carbocycles. The molecule has 0 aromatic heterocycles. The van der Waals surface area contributed by atoms with Crippen LogP contribution in [0.25, 0.3) is 0 Å². The maximum Gasteiger partial charge on any atom is 0.241 e. The third-order valence-electron chi connectivity index (χ3n) is 4.13. The smallest absolute Gasteiger partial charge is 0.241 e. The van der Waals surface area contributed by atoms with E-state index in [-0.39, 0.29) is 18.7 Å². The Kier molecular flexibility index (Phi) is 5.37. The van der Waals surface area contributed by atoms with Gasteiger partial charge in [-0.05, 0) is 37.7 Å². The number of ether oxygens (including phenoxy) is 2. The van der Waals surface area contributed by atoms with Crippen LogP contribution < -0.4 is 14.8 Å². The Bertz CT molecular complexity index is 798. The SMILES string of the molecule is C[C@@H](C(=O)Nc1ccc2c(c1)OCO2)N(C)Cc1cccc(Cl)c1Cl. The molecule has 0 fully saturated rings. The summed E-state index contributed by atoms with van der Waals surface area (Å²) in [5.74, 6) is 1.18. The van der Waals surface area contributed by atoms with Gasteiger partial charge in [-0.15, -0.1) is 0 Å². The van der Waals surface area contributed by atoms with Gasteiger partial charge in [0.25, 0.3) is 0 Å². The number of amides is 1. The minimum atomic E-state index is -0.361. The lowest BCUT2D eigenvalue weighted by atomic mass is 10.1. The topological polar surface area (TPSA) is 50.8 Å². The summed E-state index contributed by atoms with van der Waals surface area (Å²) in [6, 6.07) is 10.4. The van der Waals surface area contributed by atoms with Crippen molar-refractivity contribution in [2.45, 2.75) is 19.5 Å². The number of rotatable bonds is 5. The molecule has 5 nitrogen and oxygen atoms in total. The van der Waals surface area contributed by atoms with Gasteiger partial charge in [-0.1, -0.05) is 35.3 Å². The van der Waals surface area contributed by atoms with Crippen LogP contribution in [0.3, 0.4) is 0 Å². The van der Waals surface area contributed by atoms with Crippen LogP contribution in [0.5, 0.6) is 11.5 Å². The van der Waals surface area contributed by atoms with Crippen LogP contribution in [0, 0.1) is 0 Å². The van der Waals surface area contributed by atoms with E-state index in [4.69, 9.17) is 32.7 Å². The van der Waals surface area contributed by atoms with Gasteiger partial charge < -0.3 is 14.8 Å². The Labute approximate surface area is 156 Å². The van der Waals surface area contributed by atoms with Crippen LogP contribution in [-0.4, -0.2) is 30.7 Å². The molecule has 1 amide bonds. The number of likely N-dealkylation sites (N-methyl/N-ethyl adjacent to an activating group) is 1. The average molecular weight is 381 g/mol. The molecule has 0 unspecified atom stereocenters. The highest BCUT2D eigenvalue weighted by Crippen LogP contribution is 2.34. The molecule has 1 aliphatic heterocycles. The predicted octanol–water partition coefficient (Wildman–Crippen LogP) is 4.18. The van der Waals surface area contributed by atoms with Crippen molar-refractivity contribution in [1.29, 1.82) is 0 Å². The number of nitrogens with zero attached hydrogens (tertiary/aromatic N) is 1. The quantitative estimate of drug-likeness (QED) is 0.844. The van der Waals surface area contributed by atoms with E-state index in [0.29, 0.717) is 33.8 Å². The monoisotopic (exact) mass is 380 g/mol. The molecule has 0 bridgehead atoms. The van der Waals surface area contributed by atoms with Gasteiger partial charge in [0.05, 0.1) is 16.1 Å². The Morgan fingerprint density at radius 1 is 1.24 bits per heavy atom. The van der Waals surface area contributed by atoms with Crippen molar-refractivity contribution >= 4 is 34.8 Å². The molecule has 25 heavy (non-hydrogen) atoms. The highest BCUT2D eigenvalue weighted by molar-refractivity contribution is 6.42. The Morgan fingerprint density at radius 2 is 2.00 bits per heavy atom. The number of hydrogen-bond donors (Lipinski definition) is 1. The van der Waals surface area contributed by atoms with Crippen molar-refractivity contribution in [3.63, 3.8) is 0 Å². The number of nitrogens with one attached hydrogen (secondary N) is 1.